The van der Waals surface area contributed by atoms with Crippen LogP contribution in [-0.2, 0) is 0 Å². The fourth-order valence-corrected chi connectivity index (χ4v) is 2.00. The molecule has 0 aliphatic carbocycles. The number of aromatic carboxylic acids is 1. The van der Waals surface area contributed by atoms with Gasteiger partial charge in [-0.15, -0.1) is 17.8 Å². The first-order valence-corrected chi connectivity index (χ1v) is 5.31. The van der Waals surface area contributed by atoms with E-state index in [-0.39, 0.29) is 17.4 Å². The summed E-state index contributed by atoms with van der Waals surface area (Å²) in [5, 5.41) is 8.94. The van der Waals surface area contributed by atoms with Crippen molar-refractivity contribution in [3.05, 3.63) is 15.8 Å². The number of carboxylic acid groups (broad SMARTS) is 1. The monoisotopic (exact) mass is 224 g/mol. The number of terminal acetylenes is 1. The van der Waals surface area contributed by atoms with Crippen LogP contribution in [0.3, 0.4) is 0 Å². The van der Waals surface area contributed by atoms with Gasteiger partial charge in [0.1, 0.15) is 12.4 Å². The Morgan fingerprint density at radius 2 is 2.40 bits per heavy atom. The van der Waals surface area contributed by atoms with Gasteiger partial charge in [-0.2, -0.15) is 0 Å². The van der Waals surface area contributed by atoms with Gasteiger partial charge in [-0.1, -0.05) is 19.8 Å². The second-order valence-corrected chi connectivity index (χ2v) is 4.38. The molecule has 1 aromatic rings. The minimum Gasteiger partial charge on any atom is -0.479 e. The van der Waals surface area contributed by atoms with Crippen molar-refractivity contribution >= 4 is 17.3 Å². The molecule has 0 aromatic carbocycles. The highest BCUT2D eigenvalue weighted by Gasteiger charge is 2.17. The van der Waals surface area contributed by atoms with E-state index in [0.717, 1.165) is 4.88 Å². The molecule has 4 heteroatoms. The van der Waals surface area contributed by atoms with Crippen molar-refractivity contribution in [2.75, 3.05) is 6.61 Å². The van der Waals surface area contributed by atoms with Gasteiger partial charge in [0.2, 0.25) is 0 Å². The number of carboxylic acids is 1. The lowest BCUT2D eigenvalue weighted by Gasteiger charge is -1.99. The number of carbonyl (C=O) groups is 1. The molecule has 1 rings (SSSR count). The second-order valence-electron chi connectivity index (χ2n) is 3.29. The third kappa shape index (κ3) is 2.74. The third-order valence-corrected chi connectivity index (χ3v) is 3.20. The van der Waals surface area contributed by atoms with Crippen LogP contribution >= 0.6 is 11.3 Å². The van der Waals surface area contributed by atoms with Gasteiger partial charge in [0.25, 0.3) is 0 Å². The summed E-state index contributed by atoms with van der Waals surface area (Å²) in [5.41, 5.74) is 0. The zero-order valence-corrected chi connectivity index (χ0v) is 9.43. The quantitative estimate of drug-likeness (QED) is 0.799. The SMILES string of the molecule is C#CCOc1cc(C(C)C)sc1C(=O)O. The van der Waals surface area contributed by atoms with Gasteiger partial charge < -0.3 is 9.84 Å². The van der Waals surface area contributed by atoms with Gasteiger partial charge in [-0.3, -0.25) is 0 Å². The van der Waals surface area contributed by atoms with E-state index in [2.05, 4.69) is 5.92 Å². The molecule has 1 aromatic heterocycles. The topological polar surface area (TPSA) is 46.5 Å². The van der Waals surface area contributed by atoms with E-state index in [1.807, 2.05) is 13.8 Å². The van der Waals surface area contributed by atoms with Crippen molar-refractivity contribution in [3.8, 4) is 18.1 Å². The minimum atomic E-state index is -0.973. The van der Waals surface area contributed by atoms with E-state index in [1.54, 1.807) is 6.07 Å². The predicted molar refractivity (Wildman–Crippen MR) is 59.7 cm³/mol. The number of thiophene rings is 1. The Hall–Kier alpha value is -1.47. The van der Waals surface area contributed by atoms with E-state index in [9.17, 15) is 4.79 Å². The van der Waals surface area contributed by atoms with Gasteiger partial charge in [0.05, 0.1) is 0 Å². The molecule has 0 amide bonds. The number of rotatable bonds is 4. The van der Waals surface area contributed by atoms with Gasteiger partial charge in [-0.25, -0.2) is 4.79 Å². The fourth-order valence-electron chi connectivity index (χ4n) is 1.05. The molecular formula is C11H12O3S. The summed E-state index contributed by atoms with van der Waals surface area (Å²) in [5.74, 6) is 1.99. The standard InChI is InChI=1S/C11H12O3S/c1-4-5-14-8-6-9(7(2)3)15-10(8)11(12)13/h1,6-7H,5H2,2-3H3,(H,12,13). The molecule has 0 unspecified atom stereocenters. The first kappa shape index (κ1) is 11.6. The van der Waals surface area contributed by atoms with E-state index in [1.165, 1.54) is 11.3 Å². The minimum absolute atomic E-state index is 0.0918. The molecular weight excluding hydrogens is 212 g/mol. The molecule has 0 fully saturated rings. The second kappa shape index (κ2) is 4.85. The maximum absolute atomic E-state index is 10.9. The Labute approximate surface area is 92.7 Å². The highest BCUT2D eigenvalue weighted by atomic mass is 32.1. The van der Waals surface area contributed by atoms with Crippen LogP contribution in [0.15, 0.2) is 6.07 Å². The molecule has 3 nitrogen and oxygen atoms in total. The largest absolute Gasteiger partial charge is 0.479 e. The third-order valence-electron chi connectivity index (χ3n) is 1.79. The van der Waals surface area contributed by atoms with Crippen molar-refractivity contribution in [3.63, 3.8) is 0 Å². The van der Waals surface area contributed by atoms with Crippen LogP contribution in [0.2, 0.25) is 0 Å². The van der Waals surface area contributed by atoms with Crippen molar-refractivity contribution in [1.29, 1.82) is 0 Å². The van der Waals surface area contributed by atoms with Crippen molar-refractivity contribution in [2.24, 2.45) is 0 Å². The molecule has 0 atom stereocenters. The van der Waals surface area contributed by atoms with Gasteiger partial charge in [-0.05, 0) is 12.0 Å². The summed E-state index contributed by atoms with van der Waals surface area (Å²) in [6.07, 6.45) is 5.05. The number of hydrogen-bond acceptors (Lipinski definition) is 3. The zero-order valence-electron chi connectivity index (χ0n) is 8.61. The molecule has 0 saturated heterocycles. The maximum atomic E-state index is 10.9. The molecule has 0 spiro atoms. The van der Waals surface area contributed by atoms with E-state index < -0.39 is 5.97 Å². The smallest absolute Gasteiger partial charge is 0.349 e. The molecule has 1 heterocycles. The van der Waals surface area contributed by atoms with Crippen molar-refractivity contribution < 1.29 is 14.6 Å². The summed E-state index contributed by atoms with van der Waals surface area (Å²) in [6.45, 7) is 4.10. The lowest BCUT2D eigenvalue weighted by molar-refractivity contribution is 0.0698. The summed E-state index contributed by atoms with van der Waals surface area (Å²) < 4.78 is 5.17. The average Bonchev–Trinajstić information content (AvgIpc) is 2.58. The predicted octanol–water partition coefficient (Wildman–Crippen LogP) is 2.58. The summed E-state index contributed by atoms with van der Waals surface area (Å²) in [6, 6.07) is 1.75. The molecule has 0 radical (unpaired) electrons. The lowest BCUT2D eigenvalue weighted by Crippen LogP contribution is -1.99. The van der Waals surface area contributed by atoms with Crippen LogP contribution in [0.1, 0.15) is 34.3 Å². The van der Waals surface area contributed by atoms with Crippen LogP contribution in [0, 0.1) is 12.3 Å². The highest BCUT2D eigenvalue weighted by molar-refractivity contribution is 7.14. The van der Waals surface area contributed by atoms with Gasteiger partial charge in [0, 0.05) is 4.88 Å². The maximum Gasteiger partial charge on any atom is 0.349 e. The fraction of sp³-hybridized carbons (Fsp3) is 0.364. The normalized spacial score (nSPS) is 10.0. The van der Waals surface area contributed by atoms with Crippen molar-refractivity contribution in [1.82, 2.24) is 0 Å². The summed E-state index contributed by atoms with van der Waals surface area (Å²) >= 11 is 1.23. The molecule has 80 valence electrons. The van der Waals surface area contributed by atoms with Gasteiger partial charge in [0.15, 0.2) is 4.88 Å². The molecule has 0 bridgehead atoms. The molecule has 15 heavy (non-hydrogen) atoms. The molecule has 0 aliphatic heterocycles. The Kier molecular flexibility index (Phi) is 3.75. The van der Waals surface area contributed by atoms with E-state index in [0.29, 0.717) is 5.75 Å². The summed E-state index contributed by atoms with van der Waals surface area (Å²) in [7, 11) is 0. The van der Waals surface area contributed by atoms with Crippen molar-refractivity contribution in [2.45, 2.75) is 19.8 Å². The molecule has 1 N–H and O–H groups in total. The van der Waals surface area contributed by atoms with E-state index >= 15 is 0 Å². The Morgan fingerprint density at radius 3 is 2.87 bits per heavy atom. The Bertz CT molecular complexity index is 398. The lowest BCUT2D eigenvalue weighted by atomic mass is 10.2. The first-order valence-electron chi connectivity index (χ1n) is 4.49. The molecule has 0 saturated carbocycles. The van der Waals surface area contributed by atoms with Crippen LogP contribution in [-0.4, -0.2) is 17.7 Å². The van der Waals surface area contributed by atoms with E-state index in [4.69, 9.17) is 16.3 Å². The average molecular weight is 224 g/mol. The first-order chi connectivity index (χ1) is 7.06. The Morgan fingerprint density at radius 1 is 1.73 bits per heavy atom. The summed E-state index contributed by atoms with van der Waals surface area (Å²) in [4.78, 5) is 12.1. The zero-order chi connectivity index (χ0) is 11.4. The highest BCUT2D eigenvalue weighted by Crippen LogP contribution is 2.33. The number of ether oxygens (including phenoxy) is 1. The van der Waals surface area contributed by atoms with Crippen LogP contribution < -0.4 is 4.74 Å². The van der Waals surface area contributed by atoms with Crippen LogP contribution in [0.4, 0.5) is 0 Å². The van der Waals surface area contributed by atoms with Crippen LogP contribution in [0.25, 0.3) is 0 Å². The Balaban J connectivity index is 3.01. The van der Waals surface area contributed by atoms with Gasteiger partial charge >= 0.3 is 5.97 Å². The van der Waals surface area contributed by atoms with Crippen LogP contribution in [0.5, 0.6) is 5.75 Å². The number of hydrogen-bond donors (Lipinski definition) is 1. The molecule has 0 aliphatic rings.